The molecule has 2 rings (SSSR count). The zero-order chi connectivity index (χ0) is 14.4. The molecular weight excluding hydrogens is 252 g/mol. The molecule has 1 unspecified atom stereocenters. The number of rotatable bonds is 6. The summed E-state index contributed by atoms with van der Waals surface area (Å²) in [5.41, 5.74) is 7.60. The van der Waals surface area contributed by atoms with Crippen molar-refractivity contribution in [3.05, 3.63) is 59.5 Å². The standard InChI is InChI=1S/C16H20N2O2/c1-12(9-15-3-2-8-20-15)18-16(19)10-13-4-6-14(11-17)7-5-13/h2-8,12H,9-11,17H2,1H3,(H,18,19). The number of furan rings is 1. The predicted molar refractivity (Wildman–Crippen MR) is 78.1 cm³/mol. The number of amides is 1. The summed E-state index contributed by atoms with van der Waals surface area (Å²) < 4.78 is 5.27. The fourth-order valence-electron chi connectivity index (χ4n) is 2.09. The maximum absolute atomic E-state index is 11.9. The van der Waals surface area contributed by atoms with Crippen molar-refractivity contribution in [2.45, 2.75) is 32.4 Å². The number of carbonyl (C=O) groups excluding carboxylic acids is 1. The third-order valence-corrected chi connectivity index (χ3v) is 3.12. The van der Waals surface area contributed by atoms with Crippen LogP contribution in [0, 0.1) is 0 Å². The second-order valence-corrected chi connectivity index (χ2v) is 4.95. The highest BCUT2D eigenvalue weighted by Crippen LogP contribution is 2.06. The Kier molecular flexibility index (Phi) is 4.96. The average Bonchev–Trinajstić information content (AvgIpc) is 2.92. The number of nitrogens with one attached hydrogen (secondary N) is 1. The molecule has 1 aromatic heterocycles. The van der Waals surface area contributed by atoms with E-state index in [9.17, 15) is 4.79 Å². The van der Waals surface area contributed by atoms with Gasteiger partial charge in [-0.05, 0) is 30.2 Å². The molecule has 1 atom stereocenters. The molecule has 0 aliphatic rings. The fourth-order valence-corrected chi connectivity index (χ4v) is 2.09. The van der Waals surface area contributed by atoms with E-state index in [1.165, 1.54) is 0 Å². The Morgan fingerprint density at radius 1 is 1.25 bits per heavy atom. The van der Waals surface area contributed by atoms with Gasteiger partial charge in [-0.1, -0.05) is 24.3 Å². The molecule has 4 heteroatoms. The van der Waals surface area contributed by atoms with E-state index in [1.807, 2.05) is 43.3 Å². The van der Waals surface area contributed by atoms with E-state index in [0.717, 1.165) is 16.9 Å². The minimum absolute atomic E-state index is 0.0181. The van der Waals surface area contributed by atoms with E-state index in [4.69, 9.17) is 10.2 Å². The van der Waals surface area contributed by atoms with Crippen LogP contribution in [0.4, 0.5) is 0 Å². The van der Waals surface area contributed by atoms with Gasteiger partial charge in [0.15, 0.2) is 0 Å². The Hall–Kier alpha value is -2.07. The molecule has 0 bridgehead atoms. The Balaban J connectivity index is 1.82. The number of nitrogens with two attached hydrogens (primary N) is 1. The summed E-state index contributed by atoms with van der Waals surface area (Å²) in [7, 11) is 0. The molecule has 0 aliphatic carbocycles. The molecule has 1 amide bonds. The SMILES string of the molecule is CC(Cc1ccco1)NC(=O)Cc1ccc(CN)cc1. The van der Waals surface area contributed by atoms with Crippen molar-refractivity contribution in [1.29, 1.82) is 0 Å². The quantitative estimate of drug-likeness (QED) is 0.845. The molecule has 1 heterocycles. The number of benzene rings is 1. The third kappa shape index (κ3) is 4.24. The molecule has 3 N–H and O–H groups in total. The second-order valence-electron chi connectivity index (χ2n) is 4.95. The summed E-state index contributed by atoms with van der Waals surface area (Å²) in [6, 6.07) is 11.6. The minimum atomic E-state index is 0.0181. The van der Waals surface area contributed by atoms with Crippen LogP contribution in [0.2, 0.25) is 0 Å². The highest BCUT2D eigenvalue weighted by Gasteiger charge is 2.10. The van der Waals surface area contributed by atoms with Crippen LogP contribution in [-0.2, 0) is 24.2 Å². The van der Waals surface area contributed by atoms with Gasteiger partial charge >= 0.3 is 0 Å². The van der Waals surface area contributed by atoms with Crippen LogP contribution in [0.1, 0.15) is 23.8 Å². The molecular formula is C16H20N2O2. The summed E-state index contributed by atoms with van der Waals surface area (Å²) >= 11 is 0. The molecule has 106 valence electrons. The van der Waals surface area contributed by atoms with Crippen molar-refractivity contribution in [2.24, 2.45) is 5.73 Å². The van der Waals surface area contributed by atoms with Gasteiger partial charge in [0.05, 0.1) is 12.7 Å². The zero-order valence-electron chi connectivity index (χ0n) is 11.6. The Labute approximate surface area is 119 Å². The van der Waals surface area contributed by atoms with Crippen molar-refractivity contribution in [2.75, 3.05) is 0 Å². The van der Waals surface area contributed by atoms with E-state index in [1.54, 1.807) is 6.26 Å². The van der Waals surface area contributed by atoms with Crippen LogP contribution in [0.3, 0.4) is 0 Å². The lowest BCUT2D eigenvalue weighted by Crippen LogP contribution is -2.35. The molecule has 0 radical (unpaired) electrons. The molecule has 0 saturated heterocycles. The van der Waals surface area contributed by atoms with Crippen LogP contribution in [-0.4, -0.2) is 11.9 Å². The van der Waals surface area contributed by atoms with Gasteiger partial charge in [-0.2, -0.15) is 0 Å². The lowest BCUT2D eigenvalue weighted by atomic mass is 10.1. The van der Waals surface area contributed by atoms with E-state index in [0.29, 0.717) is 19.4 Å². The topological polar surface area (TPSA) is 68.3 Å². The molecule has 1 aromatic carbocycles. The van der Waals surface area contributed by atoms with Gasteiger partial charge in [-0.3, -0.25) is 4.79 Å². The van der Waals surface area contributed by atoms with Crippen molar-refractivity contribution >= 4 is 5.91 Å². The van der Waals surface area contributed by atoms with Gasteiger partial charge in [0, 0.05) is 19.0 Å². The Morgan fingerprint density at radius 2 is 1.95 bits per heavy atom. The van der Waals surface area contributed by atoms with Gasteiger partial charge < -0.3 is 15.5 Å². The van der Waals surface area contributed by atoms with E-state index in [2.05, 4.69) is 5.32 Å². The summed E-state index contributed by atoms with van der Waals surface area (Å²) in [6.45, 7) is 2.49. The summed E-state index contributed by atoms with van der Waals surface area (Å²) in [6.07, 6.45) is 2.72. The summed E-state index contributed by atoms with van der Waals surface area (Å²) in [5.74, 6) is 0.898. The number of hydrogen-bond donors (Lipinski definition) is 2. The Bertz CT molecular complexity index is 532. The minimum Gasteiger partial charge on any atom is -0.469 e. The normalized spacial score (nSPS) is 12.1. The molecule has 0 saturated carbocycles. The van der Waals surface area contributed by atoms with Crippen LogP contribution >= 0.6 is 0 Å². The second kappa shape index (κ2) is 6.91. The zero-order valence-corrected chi connectivity index (χ0v) is 11.6. The molecule has 0 spiro atoms. The monoisotopic (exact) mass is 272 g/mol. The fraction of sp³-hybridized carbons (Fsp3) is 0.312. The van der Waals surface area contributed by atoms with Gasteiger partial charge in [-0.25, -0.2) is 0 Å². The highest BCUT2D eigenvalue weighted by molar-refractivity contribution is 5.78. The number of carbonyl (C=O) groups is 1. The van der Waals surface area contributed by atoms with Crippen LogP contribution in [0.15, 0.2) is 47.1 Å². The molecule has 0 aliphatic heterocycles. The summed E-state index contributed by atoms with van der Waals surface area (Å²) in [5, 5.41) is 2.97. The molecule has 4 nitrogen and oxygen atoms in total. The molecule has 0 fully saturated rings. The van der Waals surface area contributed by atoms with Gasteiger partial charge in [-0.15, -0.1) is 0 Å². The molecule has 2 aromatic rings. The lowest BCUT2D eigenvalue weighted by molar-refractivity contribution is -0.121. The lowest BCUT2D eigenvalue weighted by Gasteiger charge is -2.12. The summed E-state index contributed by atoms with van der Waals surface area (Å²) in [4.78, 5) is 11.9. The smallest absolute Gasteiger partial charge is 0.224 e. The largest absolute Gasteiger partial charge is 0.469 e. The van der Waals surface area contributed by atoms with E-state index in [-0.39, 0.29) is 11.9 Å². The van der Waals surface area contributed by atoms with Gasteiger partial charge in [0.2, 0.25) is 5.91 Å². The first-order valence-electron chi connectivity index (χ1n) is 6.77. The molecule has 20 heavy (non-hydrogen) atoms. The van der Waals surface area contributed by atoms with Crippen LogP contribution in [0.5, 0.6) is 0 Å². The Morgan fingerprint density at radius 3 is 2.55 bits per heavy atom. The first-order valence-corrected chi connectivity index (χ1v) is 6.77. The van der Waals surface area contributed by atoms with Crippen LogP contribution < -0.4 is 11.1 Å². The van der Waals surface area contributed by atoms with Gasteiger partial charge in [0.25, 0.3) is 0 Å². The highest BCUT2D eigenvalue weighted by atomic mass is 16.3. The van der Waals surface area contributed by atoms with Crippen LogP contribution in [0.25, 0.3) is 0 Å². The first kappa shape index (κ1) is 14.3. The average molecular weight is 272 g/mol. The third-order valence-electron chi connectivity index (χ3n) is 3.12. The predicted octanol–water partition coefficient (Wildman–Crippen LogP) is 2.03. The van der Waals surface area contributed by atoms with Crippen molar-refractivity contribution in [3.63, 3.8) is 0 Å². The van der Waals surface area contributed by atoms with E-state index >= 15 is 0 Å². The van der Waals surface area contributed by atoms with Gasteiger partial charge in [0.1, 0.15) is 5.76 Å². The van der Waals surface area contributed by atoms with Crippen molar-refractivity contribution < 1.29 is 9.21 Å². The number of hydrogen-bond acceptors (Lipinski definition) is 3. The van der Waals surface area contributed by atoms with Crippen molar-refractivity contribution in [3.8, 4) is 0 Å². The maximum atomic E-state index is 11.9. The first-order chi connectivity index (χ1) is 9.67. The van der Waals surface area contributed by atoms with E-state index < -0.39 is 0 Å². The maximum Gasteiger partial charge on any atom is 0.224 e. The van der Waals surface area contributed by atoms with Crippen molar-refractivity contribution in [1.82, 2.24) is 5.32 Å².